The van der Waals surface area contributed by atoms with Crippen molar-refractivity contribution < 1.29 is 19.5 Å². The van der Waals surface area contributed by atoms with Gasteiger partial charge >= 0.3 is 0 Å². The quantitative estimate of drug-likeness (QED) is 0.355. The second-order valence-corrected chi connectivity index (χ2v) is 0.354. The molecule has 0 amide bonds. The fourth-order valence-electron chi connectivity index (χ4n) is 0. The van der Waals surface area contributed by atoms with Crippen molar-refractivity contribution in [2.45, 2.75) is 6.92 Å². The molecule has 0 aliphatic carbocycles. The van der Waals surface area contributed by atoms with Crippen LogP contribution in [-0.4, -0.2) is 0 Å². The third kappa shape index (κ3) is 76.7. The van der Waals surface area contributed by atoms with Crippen molar-refractivity contribution >= 4 is 12.4 Å². The van der Waals surface area contributed by atoms with Crippen molar-refractivity contribution in [1.29, 1.82) is 0 Å². The molecule has 0 aromatic heterocycles. The molecule has 0 spiro atoms. The monoisotopic (exact) mass is 141 g/mol. The first-order valence-corrected chi connectivity index (χ1v) is 0.854. The van der Waals surface area contributed by atoms with Crippen LogP contribution >= 0.6 is 12.4 Å². The fraction of sp³-hybridized carbons (Fsp3) is 0.333. The van der Waals surface area contributed by atoms with Gasteiger partial charge in [0.25, 0.3) is 0 Å². The van der Waals surface area contributed by atoms with Crippen molar-refractivity contribution in [3.63, 3.8) is 0 Å². The summed E-state index contributed by atoms with van der Waals surface area (Å²) in [7, 11) is 0. The maximum Gasteiger partial charge on any atom is 0 e. The summed E-state index contributed by atoms with van der Waals surface area (Å²) in [5.74, 6) is 0. The Morgan fingerprint density at radius 2 is 1.60 bits per heavy atom. The van der Waals surface area contributed by atoms with E-state index in [4.69, 9.17) is 0 Å². The zero-order valence-electron chi connectivity index (χ0n) is 3.32. The molecular weight excluding hydrogens is 137 g/mol. The summed E-state index contributed by atoms with van der Waals surface area (Å²) in [4.78, 5) is 0. The van der Waals surface area contributed by atoms with E-state index in [0.717, 1.165) is 0 Å². The van der Waals surface area contributed by atoms with E-state index in [1.165, 1.54) is 0 Å². The predicted molar refractivity (Wildman–Crippen MR) is 21.8 cm³/mol. The van der Waals surface area contributed by atoms with Crippen LogP contribution in [0.2, 0.25) is 0 Å². The molecule has 0 radical (unpaired) electrons. The van der Waals surface area contributed by atoms with Crippen LogP contribution in [0.25, 0.3) is 0 Å². The molecular formula is C3H6ClZn-. The van der Waals surface area contributed by atoms with Gasteiger partial charge in [0.1, 0.15) is 0 Å². The fourth-order valence-corrected chi connectivity index (χ4v) is 0. The van der Waals surface area contributed by atoms with E-state index in [2.05, 4.69) is 12.7 Å². The summed E-state index contributed by atoms with van der Waals surface area (Å²) in [5, 5.41) is 0. The Morgan fingerprint density at radius 3 is 1.60 bits per heavy atom. The Balaban J connectivity index is -0.0000000200. The minimum Gasteiger partial charge on any atom is -0.507 e. The van der Waals surface area contributed by atoms with Crippen LogP contribution < -0.4 is 0 Å². The molecule has 0 bridgehead atoms. The largest absolute Gasteiger partial charge is 0.507 e. The molecule has 0 aliphatic heterocycles. The normalized spacial score (nSPS) is 2.60. The number of allylic oxidation sites excluding steroid dienone is 1. The summed E-state index contributed by atoms with van der Waals surface area (Å²) in [6, 6.07) is 0. The molecule has 0 saturated carbocycles. The second-order valence-electron chi connectivity index (χ2n) is 0.354. The Labute approximate surface area is 51.8 Å². The van der Waals surface area contributed by atoms with Crippen LogP contribution in [-0.2, 0) is 19.5 Å². The van der Waals surface area contributed by atoms with Gasteiger partial charge in [-0.2, -0.15) is 6.92 Å². The van der Waals surface area contributed by atoms with Crippen molar-refractivity contribution in [2.75, 3.05) is 0 Å². The van der Waals surface area contributed by atoms with Crippen LogP contribution in [0.1, 0.15) is 6.92 Å². The summed E-state index contributed by atoms with van der Waals surface area (Å²) in [6.07, 6.45) is 2.50. The maximum absolute atomic E-state index is 3.24. The first kappa shape index (κ1) is 17.4. The standard InChI is InChI=1S/C3H5.ClH.Zn/c1-3-2;;/h1H2,2H3;1H;/q-1;;. The first-order valence-electron chi connectivity index (χ1n) is 0.854. The molecule has 0 aromatic carbocycles. The third-order valence-corrected chi connectivity index (χ3v) is 0. The molecule has 0 aliphatic rings. The Kier molecular flexibility index (Phi) is 79.0. The molecule has 0 aromatic rings. The van der Waals surface area contributed by atoms with Crippen LogP contribution in [0.3, 0.4) is 0 Å². The molecule has 0 saturated heterocycles. The number of hydrogen-bond acceptors (Lipinski definition) is 0. The molecule has 0 unspecified atom stereocenters. The van der Waals surface area contributed by atoms with Crippen LogP contribution in [0.4, 0.5) is 0 Å². The van der Waals surface area contributed by atoms with Gasteiger partial charge in [0, 0.05) is 19.5 Å². The predicted octanol–water partition coefficient (Wildman–Crippen LogP) is 1.41. The van der Waals surface area contributed by atoms with Gasteiger partial charge in [-0.15, -0.1) is 12.4 Å². The van der Waals surface area contributed by atoms with Crippen molar-refractivity contribution in [3.05, 3.63) is 12.7 Å². The van der Waals surface area contributed by atoms with Gasteiger partial charge in [-0.05, 0) is 0 Å². The van der Waals surface area contributed by atoms with E-state index in [-0.39, 0.29) is 31.9 Å². The number of rotatable bonds is 0. The van der Waals surface area contributed by atoms with E-state index in [0.29, 0.717) is 0 Å². The molecule has 2 heteroatoms. The Morgan fingerprint density at radius 1 is 1.60 bits per heavy atom. The van der Waals surface area contributed by atoms with Crippen molar-refractivity contribution in [1.82, 2.24) is 0 Å². The molecule has 0 fully saturated rings. The first-order chi connectivity index (χ1) is 1.41. The Bertz CT molecular complexity index is 14.4. The van der Waals surface area contributed by atoms with Crippen LogP contribution in [0.15, 0.2) is 6.58 Å². The number of halogens is 1. The molecule has 0 heterocycles. The van der Waals surface area contributed by atoms with E-state index in [1.807, 2.05) is 0 Å². The van der Waals surface area contributed by atoms with E-state index in [9.17, 15) is 0 Å². The molecule has 0 atom stereocenters. The van der Waals surface area contributed by atoms with Crippen molar-refractivity contribution in [3.8, 4) is 0 Å². The van der Waals surface area contributed by atoms with Gasteiger partial charge in [0.2, 0.25) is 0 Å². The van der Waals surface area contributed by atoms with E-state index < -0.39 is 0 Å². The minimum atomic E-state index is 0. The minimum absolute atomic E-state index is 0. The summed E-state index contributed by atoms with van der Waals surface area (Å²) >= 11 is 0. The van der Waals surface area contributed by atoms with E-state index >= 15 is 0 Å². The second kappa shape index (κ2) is 22.7. The SMILES string of the molecule is C=[C-]C.Cl.[Zn]. The van der Waals surface area contributed by atoms with Gasteiger partial charge in [-0.25, -0.2) is 0 Å². The maximum atomic E-state index is 3.24. The zero-order valence-corrected chi connectivity index (χ0v) is 7.11. The zero-order chi connectivity index (χ0) is 2.71. The van der Waals surface area contributed by atoms with Crippen LogP contribution in [0, 0.1) is 6.08 Å². The van der Waals surface area contributed by atoms with Gasteiger partial charge in [-0.1, -0.05) is 0 Å². The summed E-state index contributed by atoms with van der Waals surface area (Å²) in [5.41, 5.74) is 0. The molecule has 0 nitrogen and oxygen atoms in total. The molecule has 0 rings (SSSR count). The van der Waals surface area contributed by atoms with Gasteiger partial charge in [0.15, 0.2) is 0 Å². The van der Waals surface area contributed by atoms with Crippen LogP contribution in [0.5, 0.6) is 0 Å². The summed E-state index contributed by atoms with van der Waals surface area (Å²) < 4.78 is 0. The van der Waals surface area contributed by atoms with Gasteiger partial charge < -0.3 is 6.08 Å². The molecule has 5 heavy (non-hydrogen) atoms. The topological polar surface area (TPSA) is 0 Å². The van der Waals surface area contributed by atoms with Crippen molar-refractivity contribution in [2.24, 2.45) is 0 Å². The number of hydrogen-bond donors (Lipinski definition) is 0. The van der Waals surface area contributed by atoms with Gasteiger partial charge in [-0.3, -0.25) is 6.58 Å². The third-order valence-electron chi connectivity index (χ3n) is 0. The summed E-state index contributed by atoms with van der Waals surface area (Å²) in [6.45, 7) is 5.00. The smallest absolute Gasteiger partial charge is 0 e. The van der Waals surface area contributed by atoms with Gasteiger partial charge in [0.05, 0.1) is 0 Å². The Hall–Kier alpha value is 0.653. The molecule has 0 N–H and O–H groups in total. The average molecular weight is 143 g/mol. The average Bonchev–Trinajstić information content (AvgIpc) is 0.918. The molecule has 28 valence electrons. The van der Waals surface area contributed by atoms with E-state index in [1.54, 1.807) is 6.92 Å².